The van der Waals surface area contributed by atoms with Crippen molar-refractivity contribution >= 4 is 128 Å². The number of anilines is 6. The van der Waals surface area contributed by atoms with Crippen LogP contribution in [0.2, 0.25) is 19.6 Å². The predicted octanol–water partition coefficient (Wildman–Crippen LogP) is 20.4. The van der Waals surface area contributed by atoms with Gasteiger partial charge in [0.2, 0.25) is 0 Å². The van der Waals surface area contributed by atoms with E-state index in [0.717, 1.165) is 11.4 Å². The minimum atomic E-state index is -1.74. The third-order valence-electron chi connectivity index (χ3n) is 15.8. The molecule has 75 heavy (non-hydrogen) atoms. The summed E-state index contributed by atoms with van der Waals surface area (Å²) in [4.78, 5) is 4.99. The molecule has 0 spiro atoms. The third kappa shape index (κ3) is 7.81. The molecule has 3 nitrogen and oxygen atoms in total. The Morgan fingerprint density at radius 3 is 1.61 bits per heavy atom. The summed E-state index contributed by atoms with van der Waals surface area (Å²) in [7, 11) is -1.74. The van der Waals surface area contributed by atoms with E-state index in [1.54, 1.807) is 0 Å². The number of nitrogens with zero attached hydrogens (tertiary/aromatic N) is 3. The van der Waals surface area contributed by atoms with Gasteiger partial charge < -0.3 is 14.2 Å². The van der Waals surface area contributed by atoms with Crippen LogP contribution in [0.1, 0.15) is 58.2 Å². The Morgan fingerprint density at radius 1 is 0.400 bits per heavy atom. The molecule has 0 saturated carbocycles. The molecule has 10 aromatic carbocycles. The van der Waals surface area contributed by atoms with Crippen LogP contribution in [0.25, 0.3) is 80.2 Å². The molecular formula is C70H63N3SSi. The van der Waals surface area contributed by atoms with E-state index in [4.69, 9.17) is 0 Å². The summed E-state index contributed by atoms with van der Waals surface area (Å²) in [5.74, 6) is 0. The maximum Gasteiger partial charge on any atom is 0.0803 e. The number of thiophene rings is 1. The van der Waals surface area contributed by atoms with Gasteiger partial charge >= 0.3 is 0 Å². The van der Waals surface area contributed by atoms with Gasteiger partial charge in [0, 0.05) is 81.2 Å². The third-order valence-corrected chi connectivity index (χ3v) is 19.0. The molecule has 13 aromatic rings. The van der Waals surface area contributed by atoms with E-state index in [9.17, 15) is 0 Å². The number of fused-ring (bicyclic) bond motifs is 11. The van der Waals surface area contributed by atoms with Crippen molar-refractivity contribution in [1.82, 2.24) is 4.40 Å². The SMILES string of the molecule is Cc1ccccc1N(c1cccc(C(C)(C)C)c1)c1ccc2c3cc(-c4ccccc4)cc4c5ccc6cc7c(cc6c5n(c2c1)c34)sc1cc(N(c2cccc(C(C)(C)C)c2)c2ccccc2[Si](C)(C)C)ccc17. The van der Waals surface area contributed by atoms with Crippen LogP contribution in [0.3, 0.4) is 0 Å². The molecule has 0 aliphatic carbocycles. The fourth-order valence-electron chi connectivity index (χ4n) is 11.9. The fourth-order valence-corrected chi connectivity index (χ4v) is 14.6. The van der Waals surface area contributed by atoms with Gasteiger partial charge in [0.15, 0.2) is 0 Å². The first kappa shape index (κ1) is 47.0. The van der Waals surface area contributed by atoms with E-state index in [-0.39, 0.29) is 10.8 Å². The van der Waals surface area contributed by atoms with Crippen LogP contribution in [0.4, 0.5) is 34.1 Å². The van der Waals surface area contributed by atoms with Gasteiger partial charge in [-0.2, -0.15) is 0 Å². The lowest BCUT2D eigenvalue weighted by atomic mass is 9.87. The zero-order valence-corrected chi connectivity index (χ0v) is 46.6. The summed E-state index contributed by atoms with van der Waals surface area (Å²) in [6.07, 6.45) is 0. The maximum absolute atomic E-state index is 2.61. The molecule has 0 N–H and O–H groups in total. The number of hydrogen-bond donors (Lipinski definition) is 0. The summed E-state index contributed by atoms with van der Waals surface area (Å²) in [6, 6.07) is 76.1. The number of rotatable bonds is 8. The minimum absolute atomic E-state index is 0.000855. The molecule has 3 aromatic heterocycles. The molecule has 0 saturated heterocycles. The lowest BCUT2D eigenvalue weighted by Gasteiger charge is -2.32. The zero-order valence-electron chi connectivity index (χ0n) is 44.8. The predicted molar refractivity (Wildman–Crippen MR) is 331 cm³/mol. The number of benzene rings is 10. The first-order valence-corrected chi connectivity index (χ1v) is 30.9. The average molecular weight is 1010 g/mol. The van der Waals surface area contributed by atoms with Crippen molar-refractivity contribution in [2.45, 2.75) is 78.9 Å². The van der Waals surface area contributed by atoms with E-state index in [2.05, 4.69) is 282 Å². The Morgan fingerprint density at radius 2 is 0.947 bits per heavy atom. The van der Waals surface area contributed by atoms with Gasteiger partial charge in [0.05, 0.1) is 24.6 Å². The van der Waals surface area contributed by atoms with Gasteiger partial charge in [0.1, 0.15) is 0 Å². The summed E-state index contributed by atoms with van der Waals surface area (Å²) >= 11 is 1.91. The van der Waals surface area contributed by atoms with Crippen LogP contribution in [0, 0.1) is 6.92 Å². The number of aromatic nitrogens is 1. The molecular weight excluding hydrogens is 943 g/mol. The van der Waals surface area contributed by atoms with Crippen molar-refractivity contribution in [2.24, 2.45) is 0 Å². The van der Waals surface area contributed by atoms with Crippen LogP contribution in [0.5, 0.6) is 0 Å². The molecule has 0 bridgehead atoms. The number of aryl methyl sites for hydroxylation is 1. The molecule has 368 valence electrons. The largest absolute Gasteiger partial charge is 0.311 e. The van der Waals surface area contributed by atoms with Crippen molar-refractivity contribution < 1.29 is 0 Å². The van der Waals surface area contributed by atoms with Crippen LogP contribution in [-0.4, -0.2) is 12.5 Å². The topological polar surface area (TPSA) is 10.9 Å². The van der Waals surface area contributed by atoms with Crippen LogP contribution in [-0.2, 0) is 10.8 Å². The zero-order chi connectivity index (χ0) is 51.7. The highest BCUT2D eigenvalue weighted by Gasteiger charge is 2.28. The second-order valence-electron chi connectivity index (χ2n) is 24.0. The number of hydrogen-bond acceptors (Lipinski definition) is 3. The highest BCUT2D eigenvalue weighted by atomic mass is 32.1. The first-order valence-electron chi connectivity index (χ1n) is 26.6. The molecule has 13 rings (SSSR count). The second kappa shape index (κ2) is 17.2. The molecule has 0 aliphatic heterocycles. The lowest BCUT2D eigenvalue weighted by Crippen LogP contribution is -2.40. The van der Waals surface area contributed by atoms with Crippen molar-refractivity contribution in [3.63, 3.8) is 0 Å². The van der Waals surface area contributed by atoms with Crippen molar-refractivity contribution in [1.29, 1.82) is 0 Å². The standard InChI is InChI=1S/C70H63N3SSi/c1-44-20-14-15-27-61(44)71(50-25-18-23-48(39-50)69(2,3)4)52-31-34-54-59-37-47(45-21-12-11-13-22-45)38-60-56-33-30-46-36-58-55-35-32-53(42-64(55)74-65(58)43-57(46)67(56)73(68(59)60)63(54)41-52)72(51-26-19-24-49(40-51)70(5,6)7)62-28-16-17-29-66(62)75(8,9)10/h11-43H,1-10H3. The van der Waals surface area contributed by atoms with E-state index in [1.807, 2.05) is 11.3 Å². The molecule has 5 heteroatoms. The highest BCUT2D eigenvalue weighted by Crippen LogP contribution is 2.49. The van der Waals surface area contributed by atoms with Gasteiger partial charge in [-0.1, -0.05) is 176 Å². The van der Waals surface area contributed by atoms with Gasteiger partial charge in [0.25, 0.3) is 0 Å². The van der Waals surface area contributed by atoms with Crippen molar-refractivity contribution in [2.75, 3.05) is 9.80 Å². The molecule has 0 amide bonds. The first-order chi connectivity index (χ1) is 36.0. The summed E-state index contributed by atoms with van der Waals surface area (Å²) < 4.78 is 5.19. The molecule has 0 unspecified atom stereocenters. The van der Waals surface area contributed by atoms with Gasteiger partial charge in [-0.3, -0.25) is 0 Å². The average Bonchev–Trinajstić information content (AvgIpc) is 4.09. The van der Waals surface area contributed by atoms with Crippen LogP contribution in [0.15, 0.2) is 200 Å². The van der Waals surface area contributed by atoms with Gasteiger partial charge in [-0.25, -0.2) is 0 Å². The van der Waals surface area contributed by atoms with E-state index in [1.165, 1.54) is 125 Å². The summed E-state index contributed by atoms with van der Waals surface area (Å²) in [5.41, 5.74) is 17.2. The van der Waals surface area contributed by atoms with Crippen LogP contribution >= 0.6 is 11.3 Å². The Kier molecular flexibility index (Phi) is 10.8. The normalized spacial score (nSPS) is 12.7. The molecule has 0 atom stereocenters. The quantitative estimate of drug-likeness (QED) is 0.141. The van der Waals surface area contributed by atoms with E-state index >= 15 is 0 Å². The number of para-hydroxylation sites is 2. The fraction of sp³-hybridized carbons (Fsp3) is 0.171. The van der Waals surface area contributed by atoms with Crippen molar-refractivity contribution in [3.05, 3.63) is 217 Å². The van der Waals surface area contributed by atoms with Gasteiger partial charge in [-0.05, 0) is 141 Å². The highest BCUT2D eigenvalue weighted by molar-refractivity contribution is 7.26. The molecule has 0 aliphatic rings. The Balaban J connectivity index is 1.06. The minimum Gasteiger partial charge on any atom is -0.311 e. The molecule has 0 fully saturated rings. The summed E-state index contributed by atoms with van der Waals surface area (Å²) in [5, 5.41) is 11.7. The van der Waals surface area contributed by atoms with E-state index in [0.29, 0.717) is 0 Å². The van der Waals surface area contributed by atoms with Crippen LogP contribution < -0.4 is 15.0 Å². The smallest absolute Gasteiger partial charge is 0.0803 e. The maximum atomic E-state index is 2.61. The monoisotopic (exact) mass is 1010 g/mol. The Hall–Kier alpha value is -7.70. The Labute approximate surface area is 446 Å². The second-order valence-corrected chi connectivity index (χ2v) is 30.1. The Bertz CT molecular complexity index is 4390. The van der Waals surface area contributed by atoms with Crippen molar-refractivity contribution in [3.8, 4) is 11.1 Å². The summed E-state index contributed by atoms with van der Waals surface area (Å²) in [6.45, 7) is 23.4. The molecule has 3 heterocycles. The lowest BCUT2D eigenvalue weighted by molar-refractivity contribution is 0.590. The van der Waals surface area contributed by atoms with Gasteiger partial charge in [-0.15, -0.1) is 11.3 Å². The molecule has 0 radical (unpaired) electrons. The van der Waals surface area contributed by atoms with E-state index < -0.39 is 8.07 Å².